The van der Waals surface area contributed by atoms with Crippen molar-refractivity contribution in [2.45, 2.75) is 18.9 Å². The normalized spacial score (nSPS) is 20.8. The van der Waals surface area contributed by atoms with Gasteiger partial charge in [-0.3, -0.25) is 0 Å². The van der Waals surface area contributed by atoms with Gasteiger partial charge >= 0.3 is 5.97 Å². The molecule has 110 valence electrons. The Labute approximate surface area is 125 Å². The first-order chi connectivity index (χ1) is 10.1. The summed E-state index contributed by atoms with van der Waals surface area (Å²) < 4.78 is 5.94. The summed E-state index contributed by atoms with van der Waals surface area (Å²) in [7, 11) is 0. The smallest absolute Gasteiger partial charge is 0.356 e. The highest BCUT2D eigenvalue weighted by atomic mass is 32.1. The van der Waals surface area contributed by atoms with Crippen molar-refractivity contribution in [3.63, 3.8) is 0 Å². The van der Waals surface area contributed by atoms with Crippen LogP contribution in [0.2, 0.25) is 0 Å². The molecule has 2 aromatic heterocycles. The van der Waals surface area contributed by atoms with Crippen LogP contribution in [0.4, 0.5) is 5.82 Å². The Hall–Kier alpha value is -1.99. The number of anilines is 1. The third kappa shape index (κ3) is 2.74. The number of carboxylic acid groups (broad SMARTS) is 1. The van der Waals surface area contributed by atoms with E-state index in [9.17, 15) is 4.79 Å². The Bertz CT molecular complexity index is 656. The molecule has 0 saturated heterocycles. The van der Waals surface area contributed by atoms with Crippen LogP contribution in [-0.4, -0.2) is 34.2 Å². The molecule has 1 aliphatic heterocycles. The Kier molecular flexibility index (Phi) is 3.60. The van der Waals surface area contributed by atoms with Gasteiger partial charge < -0.3 is 15.2 Å². The van der Waals surface area contributed by atoms with Crippen molar-refractivity contribution in [2.75, 3.05) is 18.5 Å². The lowest BCUT2D eigenvalue weighted by Crippen LogP contribution is -2.38. The number of aromatic nitrogens is 2. The van der Waals surface area contributed by atoms with E-state index in [1.807, 2.05) is 6.92 Å². The standard InChI is InChI=1S/C14H15N3O3S/c1-14(9-3-5-21-11(9)2-4-20-14)8-17-12-7-15-10(6-16-12)13(18)19/h3,5-7H,2,4,8H2,1H3,(H,16,17)(H,18,19). The van der Waals surface area contributed by atoms with Gasteiger partial charge in [0, 0.05) is 17.8 Å². The van der Waals surface area contributed by atoms with Gasteiger partial charge in [-0.05, 0) is 23.9 Å². The number of rotatable bonds is 4. The van der Waals surface area contributed by atoms with E-state index in [0.717, 1.165) is 6.42 Å². The quantitative estimate of drug-likeness (QED) is 0.900. The summed E-state index contributed by atoms with van der Waals surface area (Å²) in [5, 5.41) is 14.0. The van der Waals surface area contributed by atoms with Crippen molar-refractivity contribution in [1.29, 1.82) is 0 Å². The van der Waals surface area contributed by atoms with E-state index in [1.165, 1.54) is 22.8 Å². The van der Waals surface area contributed by atoms with Crippen LogP contribution >= 0.6 is 11.3 Å². The minimum atomic E-state index is -1.08. The van der Waals surface area contributed by atoms with Gasteiger partial charge in [-0.15, -0.1) is 11.3 Å². The van der Waals surface area contributed by atoms with Gasteiger partial charge in [-0.2, -0.15) is 0 Å². The highest BCUT2D eigenvalue weighted by Gasteiger charge is 2.33. The molecule has 0 fully saturated rings. The van der Waals surface area contributed by atoms with E-state index >= 15 is 0 Å². The molecular formula is C14H15N3O3S. The zero-order valence-electron chi connectivity index (χ0n) is 11.5. The maximum Gasteiger partial charge on any atom is 0.356 e. The molecule has 0 saturated carbocycles. The largest absolute Gasteiger partial charge is 0.476 e. The zero-order chi connectivity index (χ0) is 14.9. The second-order valence-corrected chi connectivity index (χ2v) is 6.03. The predicted octanol–water partition coefficient (Wildman–Crippen LogP) is 2.14. The fourth-order valence-electron chi connectivity index (χ4n) is 2.39. The summed E-state index contributed by atoms with van der Waals surface area (Å²) in [5.74, 6) is -0.549. The second-order valence-electron chi connectivity index (χ2n) is 5.03. The van der Waals surface area contributed by atoms with Crippen LogP contribution in [-0.2, 0) is 16.8 Å². The van der Waals surface area contributed by atoms with Gasteiger partial charge in [0.25, 0.3) is 0 Å². The molecule has 3 heterocycles. The highest BCUT2D eigenvalue weighted by Crippen LogP contribution is 2.35. The number of ether oxygens (including phenoxy) is 1. The number of carbonyl (C=O) groups is 1. The molecular weight excluding hydrogens is 290 g/mol. The number of hydrogen-bond donors (Lipinski definition) is 2. The molecule has 0 amide bonds. The number of hydrogen-bond acceptors (Lipinski definition) is 6. The lowest BCUT2D eigenvalue weighted by Gasteiger charge is -2.34. The Morgan fingerprint density at radius 2 is 2.38 bits per heavy atom. The molecule has 1 atom stereocenters. The van der Waals surface area contributed by atoms with E-state index in [-0.39, 0.29) is 5.69 Å². The summed E-state index contributed by atoms with van der Waals surface area (Å²) in [6.45, 7) is 3.30. The second kappa shape index (κ2) is 5.42. The SMILES string of the molecule is CC1(CNc2cnc(C(=O)O)cn2)OCCc2sccc21. The van der Waals surface area contributed by atoms with Crippen LogP contribution in [0.5, 0.6) is 0 Å². The predicted molar refractivity (Wildman–Crippen MR) is 78.8 cm³/mol. The van der Waals surface area contributed by atoms with Gasteiger partial charge in [0.05, 0.1) is 19.0 Å². The van der Waals surface area contributed by atoms with Gasteiger partial charge in [0.15, 0.2) is 5.69 Å². The average Bonchev–Trinajstić information content (AvgIpc) is 2.96. The van der Waals surface area contributed by atoms with Crippen LogP contribution in [0.15, 0.2) is 23.8 Å². The average molecular weight is 305 g/mol. The van der Waals surface area contributed by atoms with Crippen LogP contribution in [0.25, 0.3) is 0 Å². The zero-order valence-corrected chi connectivity index (χ0v) is 12.3. The maximum atomic E-state index is 10.7. The first-order valence-corrected chi connectivity index (χ1v) is 7.46. The van der Waals surface area contributed by atoms with E-state index in [0.29, 0.717) is 19.0 Å². The molecule has 0 spiro atoms. The van der Waals surface area contributed by atoms with Crippen molar-refractivity contribution in [2.24, 2.45) is 0 Å². The van der Waals surface area contributed by atoms with Gasteiger partial charge in [0.2, 0.25) is 0 Å². The fourth-order valence-corrected chi connectivity index (χ4v) is 3.37. The minimum absolute atomic E-state index is 0.0687. The third-order valence-corrected chi connectivity index (χ3v) is 4.52. The van der Waals surface area contributed by atoms with Crippen LogP contribution < -0.4 is 5.32 Å². The van der Waals surface area contributed by atoms with Crippen molar-refractivity contribution in [1.82, 2.24) is 9.97 Å². The maximum absolute atomic E-state index is 10.7. The molecule has 7 heteroatoms. The summed E-state index contributed by atoms with van der Waals surface area (Å²) in [5.41, 5.74) is 0.739. The number of nitrogens with one attached hydrogen (secondary N) is 1. The summed E-state index contributed by atoms with van der Waals surface area (Å²) in [6, 6.07) is 2.10. The number of nitrogens with zero attached hydrogens (tertiary/aromatic N) is 2. The third-order valence-electron chi connectivity index (χ3n) is 3.54. The van der Waals surface area contributed by atoms with Gasteiger partial charge in [-0.1, -0.05) is 0 Å². The molecule has 0 radical (unpaired) electrons. The van der Waals surface area contributed by atoms with Crippen molar-refractivity contribution in [3.05, 3.63) is 40.0 Å². The molecule has 6 nitrogen and oxygen atoms in total. The monoisotopic (exact) mass is 305 g/mol. The summed E-state index contributed by atoms with van der Waals surface area (Å²) >= 11 is 1.75. The van der Waals surface area contributed by atoms with Crippen molar-refractivity contribution in [3.8, 4) is 0 Å². The van der Waals surface area contributed by atoms with E-state index in [1.54, 1.807) is 11.3 Å². The Morgan fingerprint density at radius 3 is 3.10 bits per heavy atom. The van der Waals surface area contributed by atoms with Gasteiger partial charge in [-0.25, -0.2) is 14.8 Å². The minimum Gasteiger partial charge on any atom is -0.476 e. The van der Waals surface area contributed by atoms with Crippen LogP contribution in [0.3, 0.4) is 0 Å². The first kappa shape index (κ1) is 14.0. The van der Waals surface area contributed by atoms with E-state index < -0.39 is 11.6 Å². The Morgan fingerprint density at radius 1 is 1.52 bits per heavy atom. The molecule has 2 N–H and O–H groups in total. The fraction of sp³-hybridized carbons (Fsp3) is 0.357. The molecule has 2 aromatic rings. The van der Waals surface area contributed by atoms with E-state index in [2.05, 4.69) is 26.7 Å². The van der Waals surface area contributed by atoms with Crippen LogP contribution in [0.1, 0.15) is 27.9 Å². The molecule has 0 bridgehead atoms. The van der Waals surface area contributed by atoms with Crippen LogP contribution in [0, 0.1) is 0 Å². The van der Waals surface area contributed by atoms with Crippen molar-refractivity contribution < 1.29 is 14.6 Å². The lowest BCUT2D eigenvalue weighted by atomic mass is 9.93. The lowest BCUT2D eigenvalue weighted by molar-refractivity contribution is -0.0348. The number of thiophene rings is 1. The molecule has 3 rings (SSSR count). The Balaban J connectivity index is 1.72. The summed E-state index contributed by atoms with van der Waals surface area (Å²) in [4.78, 5) is 20.0. The number of aromatic carboxylic acids is 1. The van der Waals surface area contributed by atoms with Gasteiger partial charge in [0.1, 0.15) is 11.4 Å². The topological polar surface area (TPSA) is 84.3 Å². The number of carboxylic acids is 1. The van der Waals surface area contributed by atoms with E-state index in [4.69, 9.17) is 9.84 Å². The molecule has 21 heavy (non-hydrogen) atoms. The molecule has 1 unspecified atom stereocenters. The highest BCUT2D eigenvalue weighted by molar-refractivity contribution is 7.10. The molecule has 0 aromatic carbocycles. The molecule has 1 aliphatic rings. The molecule has 0 aliphatic carbocycles. The number of fused-ring (bicyclic) bond motifs is 1. The van der Waals surface area contributed by atoms with Crippen molar-refractivity contribution >= 4 is 23.1 Å². The summed E-state index contributed by atoms with van der Waals surface area (Å²) in [6.07, 6.45) is 3.62. The first-order valence-electron chi connectivity index (χ1n) is 6.58.